The summed E-state index contributed by atoms with van der Waals surface area (Å²) in [4.78, 5) is 22.8. The van der Waals surface area contributed by atoms with E-state index in [1.807, 2.05) is 31.2 Å². The summed E-state index contributed by atoms with van der Waals surface area (Å²) in [5.41, 5.74) is 1.65. The Kier molecular flexibility index (Phi) is 6.37. The van der Waals surface area contributed by atoms with Gasteiger partial charge in [0, 0.05) is 5.56 Å². The van der Waals surface area contributed by atoms with Gasteiger partial charge in [-0.05, 0) is 49.2 Å². The first kappa shape index (κ1) is 17.5. The summed E-state index contributed by atoms with van der Waals surface area (Å²) in [5, 5.41) is 0. The van der Waals surface area contributed by atoms with Gasteiger partial charge in [0.15, 0.2) is 18.1 Å². The molecule has 0 aliphatic rings. The second kappa shape index (κ2) is 8.72. The van der Waals surface area contributed by atoms with Gasteiger partial charge in [-0.1, -0.05) is 19.1 Å². The van der Waals surface area contributed by atoms with Gasteiger partial charge in [-0.3, -0.25) is 4.79 Å². The van der Waals surface area contributed by atoms with Crippen molar-refractivity contribution in [3.05, 3.63) is 53.6 Å². The van der Waals surface area contributed by atoms with Crippen LogP contribution in [0.3, 0.4) is 0 Å². The molecule has 0 saturated heterocycles. The molecule has 0 saturated carbocycles. The summed E-state index contributed by atoms with van der Waals surface area (Å²) < 4.78 is 16.1. The molecule has 0 fully saturated rings. The molecule has 5 nitrogen and oxygen atoms in total. The summed E-state index contributed by atoms with van der Waals surface area (Å²) in [7, 11) is 0. The summed E-state index contributed by atoms with van der Waals surface area (Å²) in [6, 6.07) is 12.2. The van der Waals surface area contributed by atoms with Crippen molar-refractivity contribution in [2.75, 3.05) is 13.2 Å². The molecule has 0 heterocycles. The Hall–Kier alpha value is -2.82. The van der Waals surface area contributed by atoms with Gasteiger partial charge >= 0.3 is 5.97 Å². The van der Waals surface area contributed by atoms with Crippen LogP contribution in [-0.4, -0.2) is 25.5 Å². The van der Waals surface area contributed by atoms with Crippen LogP contribution in [0.5, 0.6) is 17.2 Å². The predicted molar refractivity (Wildman–Crippen MR) is 89.9 cm³/mol. The van der Waals surface area contributed by atoms with E-state index in [1.54, 1.807) is 6.07 Å². The Morgan fingerprint density at radius 3 is 2.38 bits per heavy atom. The lowest BCUT2D eigenvalue weighted by Gasteiger charge is -2.11. The van der Waals surface area contributed by atoms with E-state index in [1.165, 1.54) is 17.7 Å². The number of benzene rings is 2. The second-order valence-electron chi connectivity index (χ2n) is 5.02. The average Bonchev–Trinajstić information content (AvgIpc) is 2.62. The largest absolute Gasteiger partial charge is 0.490 e. The van der Waals surface area contributed by atoms with Gasteiger partial charge in [-0.25, -0.2) is 4.79 Å². The van der Waals surface area contributed by atoms with Crippen LogP contribution in [0.2, 0.25) is 0 Å². The van der Waals surface area contributed by atoms with Crippen molar-refractivity contribution in [2.24, 2.45) is 0 Å². The Morgan fingerprint density at radius 2 is 1.75 bits per heavy atom. The normalized spacial score (nSPS) is 10.1. The van der Waals surface area contributed by atoms with Crippen LogP contribution in [0.25, 0.3) is 0 Å². The monoisotopic (exact) mass is 328 g/mol. The Bertz CT molecular complexity index is 691. The molecule has 0 amide bonds. The van der Waals surface area contributed by atoms with E-state index in [4.69, 9.17) is 14.2 Å². The van der Waals surface area contributed by atoms with Crippen molar-refractivity contribution >= 4 is 12.3 Å². The number of hydrogen-bond acceptors (Lipinski definition) is 5. The molecule has 0 bridgehead atoms. The van der Waals surface area contributed by atoms with Crippen LogP contribution in [0.15, 0.2) is 42.5 Å². The van der Waals surface area contributed by atoms with Crippen LogP contribution < -0.4 is 14.2 Å². The summed E-state index contributed by atoms with van der Waals surface area (Å²) in [6.45, 7) is 4.06. The van der Waals surface area contributed by atoms with Crippen molar-refractivity contribution in [1.82, 2.24) is 0 Å². The zero-order chi connectivity index (χ0) is 17.4. The minimum Gasteiger partial charge on any atom is -0.490 e. The predicted octanol–water partition coefficient (Wildman–Crippen LogP) is 3.44. The highest BCUT2D eigenvalue weighted by molar-refractivity contribution is 5.78. The zero-order valence-electron chi connectivity index (χ0n) is 13.8. The summed E-state index contributed by atoms with van der Waals surface area (Å²) in [6.07, 6.45) is 1.65. The van der Waals surface area contributed by atoms with Gasteiger partial charge in [0.25, 0.3) is 0 Å². The molecule has 2 aromatic carbocycles. The maximum Gasteiger partial charge on any atom is 0.349 e. The van der Waals surface area contributed by atoms with Gasteiger partial charge < -0.3 is 14.2 Å². The minimum absolute atomic E-state index is 0.216. The third-order valence-electron chi connectivity index (χ3n) is 3.32. The van der Waals surface area contributed by atoms with Crippen LogP contribution in [0.4, 0.5) is 0 Å². The first-order chi connectivity index (χ1) is 11.7. The van der Waals surface area contributed by atoms with Crippen molar-refractivity contribution in [1.29, 1.82) is 0 Å². The Labute approximate surface area is 141 Å². The molecule has 0 radical (unpaired) electrons. The maximum absolute atomic E-state index is 11.9. The van der Waals surface area contributed by atoms with Crippen LogP contribution >= 0.6 is 0 Å². The number of carbonyl (C=O) groups excluding carboxylic acids is 2. The van der Waals surface area contributed by atoms with E-state index < -0.39 is 5.97 Å². The molecular formula is C19H20O5. The smallest absolute Gasteiger partial charge is 0.349 e. The van der Waals surface area contributed by atoms with E-state index in [2.05, 4.69) is 6.92 Å². The van der Waals surface area contributed by atoms with Crippen molar-refractivity contribution in [2.45, 2.75) is 20.3 Å². The molecule has 5 heteroatoms. The van der Waals surface area contributed by atoms with E-state index in [-0.39, 0.29) is 12.4 Å². The van der Waals surface area contributed by atoms with E-state index in [0.29, 0.717) is 30.0 Å². The molecule has 2 rings (SSSR count). The summed E-state index contributed by atoms with van der Waals surface area (Å²) in [5.74, 6) is 0.667. The van der Waals surface area contributed by atoms with Crippen LogP contribution in [-0.2, 0) is 11.2 Å². The highest BCUT2D eigenvalue weighted by Crippen LogP contribution is 2.28. The second-order valence-corrected chi connectivity index (χ2v) is 5.02. The molecule has 0 atom stereocenters. The topological polar surface area (TPSA) is 61.8 Å². The van der Waals surface area contributed by atoms with Crippen molar-refractivity contribution < 1.29 is 23.8 Å². The standard InChI is InChI=1S/C19H20O5/c1-3-14-5-8-16(9-6-14)23-13-19(21)24-17-10-7-15(12-20)11-18(17)22-4-2/h5-12H,3-4,13H2,1-2H3. The van der Waals surface area contributed by atoms with E-state index in [0.717, 1.165) is 6.42 Å². The van der Waals surface area contributed by atoms with Gasteiger partial charge in [0.2, 0.25) is 0 Å². The third-order valence-corrected chi connectivity index (χ3v) is 3.32. The molecule has 0 N–H and O–H groups in total. The fraction of sp³-hybridized carbons (Fsp3) is 0.263. The number of ether oxygens (including phenoxy) is 3. The number of esters is 1. The molecule has 24 heavy (non-hydrogen) atoms. The first-order valence-electron chi connectivity index (χ1n) is 7.80. The van der Waals surface area contributed by atoms with E-state index in [9.17, 15) is 9.59 Å². The highest BCUT2D eigenvalue weighted by Gasteiger charge is 2.12. The van der Waals surface area contributed by atoms with Gasteiger partial charge in [0.05, 0.1) is 6.61 Å². The number of rotatable bonds is 8. The van der Waals surface area contributed by atoms with Crippen molar-refractivity contribution in [3.8, 4) is 17.2 Å². The average molecular weight is 328 g/mol. The van der Waals surface area contributed by atoms with Crippen LogP contribution in [0.1, 0.15) is 29.8 Å². The molecule has 0 spiro atoms. The SMILES string of the molecule is CCOc1cc(C=O)ccc1OC(=O)COc1ccc(CC)cc1. The Morgan fingerprint density at radius 1 is 1.00 bits per heavy atom. The van der Waals surface area contributed by atoms with Gasteiger partial charge in [-0.15, -0.1) is 0 Å². The molecule has 126 valence electrons. The molecule has 0 aliphatic carbocycles. The number of carbonyl (C=O) groups is 2. The zero-order valence-corrected chi connectivity index (χ0v) is 13.8. The van der Waals surface area contributed by atoms with E-state index >= 15 is 0 Å². The number of aryl methyl sites for hydroxylation is 1. The molecule has 0 aliphatic heterocycles. The van der Waals surface area contributed by atoms with Gasteiger partial charge in [-0.2, -0.15) is 0 Å². The van der Waals surface area contributed by atoms with Crippen molar-refractivity contribution in [3.63, 3.8) is 0 Å². The third kappa shape index (κ3) is 4.84. The lowest BCUT2D eigenvalue weighted by molar-refractivity contribution is -0.136. The maximum atomic E-state index is 11.9. The minimum atomic E-state index is -0.547. The lowest BCUT2D eigenvalue weighted by atomic mass is 10.2. The number of aldehydes is 1. The fourth-order valence-corrected chi connectivity index (χ4v) is 2.07. The fourth-order valence-electron chi connectivity index (χ4n) is 2.07. The lowest BCUT2D eigenvalue weighted by Crippen LogP contribution is -2.18. The quantitative estimate of drug-likeness (QED) is 0.422. The molecular weight excluding hydrogens is 308 g/mol. The Balaban J connectivity index is 1.97. The molecule has 0 unspecified atom stereocenters. The molecule has 2 aromatic rings. The first-order valence-corrected chi connectivity index (χ1v) is 7.80. The summed E-state index contributed by atoms with van der Waals surface area (Å²) >= 11 is 0. The van der Waals surface area contributed by atoms with Crippen LogP contribution in [0, 0.1) is 0 Å². The van der Waals surface area contributed by atoms with Gasteiger partial charge in [0.1, 0.15) is 12.0 Å². The highest BCUT2D eigenvalue weighted by atomic mass is 16.6. The number of hydrogen-bond donors (Lipinski definition) is 0. The molecule has 0 aromatic heterocycles.